The minimum absolute atomic E-state index is 0.987. The highest BCUT2D eigenvalue weighted by atomic mass is 15.1. The van der Waals surface area contributed by atoms with Gasteiger partial charge in [-0.1, -0.05) is 79.1 Å². The summed E-state index contributed by atoms with van der Waals surface area (Å²) in [5.74, 6) is 0.987. The van der Waals surface area contributed by atoms with Gasteiger partial charge in [0.05, 0.1) is 0 Å². The van der Waals surface area contributed by atoms with Crippen LogP contribution in [0.3, 0.4) is 0 Å². The second-order valence-corrected chi connectivity index (χ2v) is 6.81. The SMILES string of the molecule is CCCCCCCCC(CC)CCCN(CCC)CCC. The number of nitrogens with zero attached hydrogens (tertiary/aromatic N) is 1. The van der Waals surface area contributed by atoms with Crippen molar-refractivity contribution in [1.82, 2.24) is 4.90 Å². The number of rotatable bonds is 16. The Hall–Kier alpha value is -0.0400. The van der Waals surface area contributed by atoms with Gasteiger partial charge >= 0.3 is 0 Å². The van der Waals surface area contributed by atoms with Crippen LogP contribution in [0, 0.1) is 5.92 Å². The highest BCUT2D eigenvalue weighted by molar-refractivity contribution is 4.62. The lowest BCUT2D eigenvalue weighted by Crippen LogP contribution is -2.26. The molecule has 128 valence electrons. The van der Waals surface area contributed by atoms with Crippen LogP contribution in [-0.2, 0) is 0 Å². The van der Waals surface area contributed by atoms with Crippen molar-refractivity contribution in [2.75, 3.05) is 19.6 Å². The molecule has 0 aliphatic carbocycles. The average Bonchev–Trinajstić information content (AvgIpc) is 2.49. The second kappa shape index (κ2) is 16.3. The molecule has 1 atom stereocenters. The van der Waals surface area contributed by atoms with E-state index in [2.05, 4.69) is 32.6 Å². The fourth-order valence-corrected chi connectivity index (χ4v) is 3.34. The van der Waals surface area contributed by atoms with E-state index in [0.717, 1.165) is 5.92 Å². The molecule has 0 aliphatic rings. The Kier molecular flexibility index (Phi) is 16.3. The number of hydrogen-bond donors (Lipinski definition) is 0. The Morgan fingerprint density at radius 2 is 1.14 bits per heavy atom. The van der Waals surface area contributed by atoms with Gasteiger partial charge in [0.25, 0.3) is 0 Å². The molecule has 0 aliphatic heterocycles. The van der Waals surface area contributed by atoms with Crippen molar-refractivity contribution >= 4 is 0 Å². The summed E-state index contributed by atoms with van der Waals surface area (Å²) in [6.07, 6.45) is 17.0. The fraction of sp³-hybridized carbons (Fsp3) is 1.00. The van der Waals surface area contributed by atoms with E-state index in [0.29, 0.717) is 0 Å². The third kappa shape index (κ3) is 13.4. The quantitative estimate of drug-likeness (QED) is 0.288. The summed E-state index contributed by atoms with van der Waals surface area (Å²) in [4.78, 5) is 2.66. The average molecular weight is 298 g/mol. The molecule has 0 radical (unpaired) electrons. The van der Waals surface area contributed by atoms with Crippen LogP contribution in [0.1, 0.15) is 105 Å². The third-order valence-electron chi connectivity index (χ3n) is 4.71. The van der Waals surface area contributed by atoms with E-state index in [-0.39, 0.29) is 0 Å². The molecule has 0 aromatic heterocycles. The van der Waals surface area contributed by atoms with E-state index in [9.17, 15) is 0 Å². The highest BCUT2D eigenvalue weighted by Crippen LogP contribution is 2.20. The Morgan fingerprint density at radius 1 is 0.571 bits per heavy atom. The van der Waals surface area contributed by atoms with Crippen molar-refractivity contribution < 1.29 is 0 Å². The zero-order valence-electron chi connectivity index (χ0n) is 15.6. The first kappa shape index (κ1) is 21.0. The minimum Gasteiger partial charge on any atom is -0.303 e. The van der Waals surface area contributed by atoms with Crippen LogP contribution in [0.2, 0.25) is 0 Å². The van der Waals surface area contributed by atoms with Gasteiger partial charge in [-0.2, -0.15) is 0 Å². The summed E-state index contributed by atoms with van der Waals surface area (Å²) >= 11 is 0. The standard InChI is InChI=1S/C20H43N/c1-5-9-10-11-12-13-15-20(8-4)16-14-19-21(17-6-2)18-7-3/h20H,5-19H2,1-4H3. The van der Waals surface area contributed by atoms with Crippen molar-refractivity contribution in [3.8, 4) is 0 Å². The van der Waals surface area contributed by atoms with Gasteiger partial charge in [0, 0.05) is 0 Å². The summed E-state index contributed by atoms with van der Waals surface area (Å²) in [7, 11) is 0. The van der Waals surface area contributed by atoms with Crippen LogP contribution in [0.25, 0.3) is 0 Å². The maximum atomic E-state index is 2.66. The van der Waals surface area contributed by atoms with Crippen LogP contribution in [-0.4, -0.2) is 24.5 Å². The van der Waals surface area contributed by atoms with Crippen LogP contribution in [0.4, 0.5) is 0 Å². The van der Waals surface area contributed by atoms with Gasteiger partial charge in [0.15, 0.2) is 0 Å². The molecule has 0 saturated heterocycles. The molecule has 0 aromatic carbocycles. The van der Waals surface area contributed by atoms with E-state index in [1.807, 2.05) is 0 Å². The van der Waals surface area contributed by atoms with Crippen molar-refractivity contribution in [1.29, 1.82) is 0 Å². The zero-order valence-corrected chi connectivity index (χ0v) is 15.6. The van der Waals surface area contributed by atoms with Crippen LogP contribution in [0.5, 0.6) is 0 Å². The lowest BCUT2D eigenvalue weighted by molar-refractivity contribution is 0.257. The zero-order chi connectivity index (χ0) is 15.8. The van der Waals surface area contributed by atoms with Crippen LogP contribution in [0.15, 0.2) is 0 Å². The summed E-state index contributed by atoms with van der Waals surface area (Å²) in [5.41, 5.74) is 0. The molecule has 0 rings (SSSR count). The monoisotopic (exact) mass is 297 g/mol. The van der Waals surface area contributed by atoms with Gasteiger partial charge in [-0.15, -0.1) is 0 Å². The van der Waals surface area contributed by atoms with Gasteiger partial charge in [0.2, 0.25) is 0 Å². The Labute approximate surface area is 135 Å². The Bertz CT molecular complexity index is 184. The van der Waals surface area contributed by atoms with E-state index < -0.39 is 0 Å². The highest BCUT2D eigenvalue weighted by Gasteiger charge is 2.08. The Morgan fingerprint density at radius 3 is 1.71 bits per heavy atom. The van der Waals surface area contributed by atoms with Gasteiger partial charge in [-0.25, -0.2) is 0 Å². The van der Waals surface area contributed by atoms with Crippen molar-refractivity contribution in [2.24, 2.45) is 5.92 Å². The molecule has 0 N–H and O–H groups in total. The van der Waals surface area contributed by atoms with Gasteiger partial charge in [-0.3, -0.25) is 0 Å². The molecule has 1 heteroatoms. The third-order valence-corrected chi connectivity index (χ3v) is 4.71. The first-order valence-corrected chi connectivity index (χ1v) is 10.0. The predicted octanol–water partition coefficient (Wildman–Crippen LogP) is 6.67. The molecule has 1 nitrogen and oxygen atoms in total. The normalized spacial score (nSPS) is 13.0. The largest absolute Gasteiger partial charge is 0.303 e. The van der Waals surface area contributed by atoms with Gasteiger partial charge in [0.1, 0.15) is 0 Å². The van der Waals surface area contributed by atoms with E-state index in [1.54, 1.807) is 0 Å². The lowest BCUT2D eigenvalue weighted by Gasteiger charge is -2.22. The fourth-order valence-electron chi connectivity index (χ4n) is 3.34. The molecule has 0 aromatic rings. The second-order valence-electron chi connectivity index (χ2n) is 6.81. The first-order valence-electron chi connectivity index (χ1n) is 10.0. The maximum Gasteiger partial charge on any atom is -0.00186 e. The summed E-state index contributed by atoms with van der Waals surface area (Å²) in [6.45, 7) is 13.2. The van der Waals surface area contributed by atoms with Crippen LogP contribution >= 0.6 is 0 Å². The van der Waals surface area contributed by atoms with Gasteiger partial charge in [-0.05, 0) is 51.2 Å². The molecular weight excluding hydrogens is 254 g/mol. The number of unbranched alkanes of at least 4 members (excludes halogenated alkanes) is 5. The van der Waals surface area contributed by atoms with Crippen molar-refractivity contribution in [3.05, 3.63) is 0 Å². The smallest absolute Gasteiger partial charge is 0.00186 e. The van der Waals surface area contributed by atoms with Crippen molar-refractivity contribution in [3.63, 3.8) is 0 Å². The minimum atomic E-state index is 0.987. The van der Waals surface area contributed by atoms with Crippen molar-refractivity contribution in [2.45, 2.75) is 105 Å². The number of hydrogen-bond acceptors (Lipinski definition) is 1. The molecule has 0 saturated carbocycles. The molecular formula is C20H43N. The van der Waals surface area contributed by atoms with Gasteiger partial charge < -0.3 is 4.90 Å². The molecule has 0 fully saturated rings. The lowest BCUT2D eigenvalue weighted by atomic mass is 9.93. The van der Waals surface area contributed by atoms with E-state index in [4.69, 9.17) is 0 Å². The molecule has 0 heterocycles. The summed E-state index contributed by atoms with van der Waals surface area (Å²) in [5, 5.41) is 0. The summed E-state index contributed by atoms with van der Waals surface area (Å²) < 4.78 is 0. The molecule has 0 amide bonds. The maximum absolute atomic E-state index is 2.66. The topological polar surface area (TPSA) is 3.24 Å². The summed E-state index contributed by atoms with van der Waals surface area (Å²) in [6, 6.07) is 0. The van der Waals surface area contributed by atoms with E-state index >= 15 is 0 Å². The molecule has 0 bridgehead atoms. The van der Waals surface area contributed by atoms with Crippen LogP contribution < -0.4 is 0 Å². The molecule has 0 spiro atoms. The Balaban J connectivity index is 3.63. The van der Waals surface area contributed by atoms with E-state index in [1.165, 1.54) is 96.7 Å². The molecule has 21 heavy (non-hydrogen) atoms. The first-order chi connectivity index (χ1) is 10.3. The predicted molar refractivity (Wildman–Crippen MR) is 98.0 cm³/mol. The molecule has 1 unspecified atom stereocenters.